The molecule has 2 amide bonds. The number of amides is 2. The lowest BCUT2D eigenvalue weighted by Gasteiger charge is -2.19. The van der Waals surface area contributed by atoms with Gasteiger partial charge in [-0.1, -0.05) is 19.1 Å². The number of aromatic amines is 1. The van der Waals surface area contributed by atoms with E-state index in [1.54, 1.807) is 42.5 Å². The number of benzene rings is 2. The number of nitrogens with one attached hydrogen (secondary N) is 3. The van der Waals surface area contributed by atoms with E-state index in [1.807, 2.05) is 17.9 Å². The summed E-state index contributed by atoms with van der Waals surface area (Å²) in [5.74, 6) is 0.186. The van der Waals surface area contributed by atoms with Crippen LogP contribution in [0.5, 0.6) is 0 Å². The summed E-state index contributed by atoms with van der Waals surface area (Å²) >= 11 is 0. The van der Waals surface area contributed by atoms with Gasteiger partial charge in [0.1, 0.15) is 5.82 Å². The van der Waals surface area contributed by atoms with Crippen molar-refractivity contribution in [2.75, 3.05) is 23.7 Å². The third-order valence-electron chi connectivity index (χ3n) is 4.34. The van der Waals surface area contributed by atoms with E-state index in [1.165, 1.54) is 6.92 Å². The number of hydrogen-bond donors (Lipinski definition) is 3. The molecule has 1 aromatic heterocycles. The van der Waals surface area contributed by atoms with Gasteiger partial charge in [-0.25, -0.2) is 4.98 Å². The maximum absolute atomic E-state index is 12.4. The fourth-order valence-corrected chi connectivity index (χ4v) is 2.94. The second-order valence-corrected chi connectivity index (χ2v) is 6.64. The summed E-state index contributed by atoms with van der Waals surface area (Å²) in [5, 5.41) is 6.05. The van der Waals surface area contributed by atoms with E-state index < -0.39 is 0 Å². The first-order chi connectivity index (χ1) is 13.9. The highest BCUT2D eigenvalue weighted by Gasteiger charge is 2.12. The third-order valence-corrected chi connectivity index (χ3v) is 4.34. The van der Waals surface area contributed by atoms with Gasteiger partial charge in [0.05, 0.1) is 24.0 Å². The summed E-state index contributed by atoms with van der Waals surface area (Å²) < 4.78 is 0. The van der Waals surface area contributed by atoms with Crippen LogP contribution in [0.4, 0.5) is 11.4 Å². The second kappa shape index (κ2) is 9.11. The van der Waals surface area contributed by atoms with Crippen LogP contribution >= 0.6 is 0 Å². The van der Waals surface area contributed by atoms with Gasteiger partial charge in [-0.05, 0) is 42.9 Å². The smallest absolute Gasteiger partial charge is 0.258 e. The normalized spacial score (nSPS) is 10.9. The van der Waals surface area contributed by atoms with Gasteiger partial charge >= 0.3 is 0 Å². The molecule has 0 saturated heterocycles. The molecule has 150 valence electrons. The van der Waals surface area contributed by atoms with Crippen LogP contribution in [0.1, 0.15) is 19.7 Å². The van der Waals surface area contributed by atoms with Crippen LogP contribution in [0.15, 0.2) is 53.3 Å². The number of likely N-dealkylation sites (N-methyl/N-ethyl adjacent to an activating group) is 1. The molecular formula is C21H23N5O3. The number of carbonyl (C=O) groups excluding carboxylic acids is 2. The van der Waals surface area contributed by atoms with Crippen molar-refractivity contribution in [2.24, 2.45) is 0 Å². The zero-order valence-corrected chi connectivity index (χ0v) is 16.4. The van der Waals surface area contributed by atoms with Crippen molar-refractivity contribution < 1.29 is 9.59 Å². The number of carbonyl (C=O) groups is 2. The quantitative estimate of drug-likeness (QED) is 0.571. The van der Waals surface area contributed by atoms with E-state index >= 15 is 0 Å². The van der Waals surface area contributed by atoms with E-state index in [0.29, 0.717) is 41.2 Å². The number of para-hydroxylation sites is 1. The molecule has 0 saturated carbocycles. The molecule has 3 rings (SSSR count). The third kappa shape index (κ3) is 5.49. The van der Waals surface area contributed by atoms with Crippen LogP contribution < -0.4 is 16.2 Å². The summed E-state index contributed by atoms with van der Waals surface area (Å²) in [7, 11) is 0. The van der Waals surface area contributed by atoms with E-state index in [0.717, 1.165) is 0 Å². The Bertz CT molecular complexity index is 1080. The lowest BCUT2D eigenvalue weighted by molar-refractivity contribution is -0.117. The van der Waals surface area contributed by atoms with Gasteiger partial charge in [0.15, 0.2) is 0 Å². The van der Waals surface area contributed by atoms with Crippen LogP contribution in [0.3, 0.4) is 0 Å². The average molecular weight is 393 g/mol. The Hall–Kier alpha value is -3.52. The zero-order valence-electron chi connectivity index (χ0n) is 16.4. The Morgan fingerprint density at radius 1 is 1.03 bits per heavy atom. The lowest BCUT2D eigenvalue weighted by Crippen LogP contribution is -2.33. The number of nitrogens with zero attached hydrogens (tertiary/aromatic N) is 2. The molecule has 0 spiro atoms. The lowest BCUT2D eigenvalue weighted by atomic mass is 10.2. The first-order valence-corrected chi connectivity index (χ1v) is 9.32. The van der Waals surface area contributed by atoms with Gasteiger partial charge in [0.2, 0.25) is 11.8 Å². The summed E-state index contributed by atoms with van der Waals surface area (Å²) in [5.41, 5.74) is 1.74. The first kappa shape index (κ1) is 20.2. The summed E-state index contributed by atoms with van der Waals surface area (Å²) in [6, 6.07) is 14.0. The fraction of sp³-hybridized carbons (Fsp3) is 0.238. The number of H-pyrrole nitrogens is 1. The topological polar surface area (TPSA) is 107 Å². The average Bonchev–Trinajstić information content (AvgIpc) is 2.68. The van der Waals surface area contributed by atoms with Crippen LogP contribution in [-0.2, 0) is 16.1 Å². The Labute approximate surface area is 168 Å². The molecule has 2 aromatic carbocycles. The van der Waals surface area contributed by atoms with Gasteiger partial charge in [-0.3, -0.25) is 19.3 Å². The molecule has 1 heterocycles. The van der Waals surface area contributed by atoms with Gasteiger partial charge in [0.25, 0.3) is 5.56 Å². The monoisotopic (exact) mass is 393 g/mol. The highest BCUT2D eigenvalue weighted by Crippen LogP contribution is 2.14. The molecule has 0 aliphatic carbocycles. The molecule has 0 radical (unpaired) electrons. The van der Waals surface area contributed by atoms with Crippen molar-refractivity contribution in [3.05, 3.63) is 64.7 Å². The largest absolute Gasteiger partial charge is 0.326 e. The number of hydrogen-bond acceptors (Lipinski definition) is 5. The minimum atomic E-state index is -0.189. The van der Waals surface area contributed by atoms with Crippen molar-refractivity contribution in [2.45, 2.75) is 20.4 Å². The van der Waals surface area contributed by atoms with Crippen LogP contribution in [0, 0.1) is 0 Å². The zero-order chi connectivity index (χ0) is 20.8. The van der Waals surface area contributed by atoms with Gasteiger partial charge in [-0.15, -0.1) is 0 Å². The molecule has 3 N–H and O–H groups in total. The number of fused-ring (bicyclic) bond motifs is 1. The maximum atomic E-state index is 12.4. The second-order valence-electron chi connectivity index (χ2n) is 6.64. The summed E-state index contributed by atoms with van der Waals surface area (Å²) in [6.45, 7) is 4.50. The van der Waals surface area contributed by atoms with E-state index in [-0.39, 0.29) is 23.9 Å². The Morgan fingerprint density at radius 2 is 1.69 bits per heavy atom. The molecule has 3 aromatic rings. The van der Waals surface area contributed by atoms with Crippen molar-refractivity contribution in [1.29, 1.82) is 0 Å². The molecule has 0 unspecified atom stereocenters. The predicted octanol–water partition coefficient (Wildman–Crippen LogP) is 2.34. The Balaban J connectivity index is 1.63. The minimum absolute atomic E-state index is 0.152. The first-order valence-electron chi connectivity index (χ1n) is 9.32. The molecule has 0 aliphatic heterocycles. The van der Waals surface area contributed by atoms with Crippen LogP contribution in [0.25, 0.3) is 10.9 Å². The predicted molar refractivity (Wildman–Crippen MR) is 113 cm³/mol. The standard InChI is InChI=1S/C21H23N5O3/c1-3-26(12-19-24-18-7-5-4-6-17(18)21(29)25-19)13-20(28)23-16-10-8-15(9-11-16)22-14(2)27/h4-11H,3,12-13H2,1-2H3,(H,22,27)(H,23,28)(H,24,25,29). The summed E-state index contributed by atoms with van der Waals surface area (Å²) in [4.78, 5) is 44.8. The molecule has 0 bridgehead atoms. The summed E-state index contributed by atoms with van der Waals surface area (Å²) in [6.07, 6.45) is 0. The van der Waals surface area contributed by atoms with Crippen molar-refractivity contribution >= 4 is 34.1 Å². The minimum Gasteiger partial charge on any atom is -0.326 e. The SMILES string of the molecule is CCN(CC(=O)Nc1ccc(NC(C)=O)cc1)Cc1nc2ccccc2c(=O)[nH]1. The number of anilines is 2. The van der Waals surface area contributed by atoms with Gasteiger partial charge in [-0.2, -0.15) is 0 Å². The van der Waals surface area contributed by atoms with E-state index in [4.69, 9.17) is 0 Å². The maximum Gasteiger partial charge on any atom is 0.258 e. The van der Waals surface area contributed by atoms with Gasteiger partial charge < -0.3 is 15.6 Å². The molecular weight excluding hydrogens is 370 g/mol. The highest BCUT2D eigenvalue weighted by molar-refractivity contribution is 5.93. The van der Waals surface area contributed by atoms with Crippen LogP contribution in [0.2, 0.25) is 0 Å². The van der Waals surface area contributed by atoms with Crippen molar-refractivity contribution in [3.63, 3.8) is 0 Å². The van der Waals surface area contributed by atoms with Crippen molar-refractivity contribution in [3.8, 4) is 0 Å². The molecule has 0 atom stereocenters. The number of rotatable bonds is 7. The molecule has 8 nitrogen and oxygen atoms in total. The van der Waals surface area contributed by atoms with Gasteiger partial charge in [0, 0.05) is 18.3 Å². The van der Waals surface area contributed by atoms with Crippen molar-refractivity contribution in [1.82, 2.24) is 14.9 Å². The number of aromatic nitrogens is 2. The molecule has 29 heavy (non-hydrogen) atoms. The van der Waals surface area contributed by atoms with E-state index in [2.05, 4.69) is 20.6 Å². The molecule has 0 aliphatic rings. The molecule has 0 fully saturated rings. The van der Waals surface area contributed by atoms with E-state index in [9.17, 15) is 14.4 Å². The Kier molecular flexibility index (Phi) is 6.36. The Morgan fingerprint density at radius 3 is 2.34 bits per heavy atom. The molecule has 8 heteroatoms. The fourth-order valence-electron chi connectivity index (χ4n) is 2.94. The highest BCUT2D eigenvalue weighted by atomic mass is 16.2. The van der Waals surface area contributed by atoms with Crippen LogP contribution in [-0.4, -0.2) is 39.8 Å².